The summed E-state index contributed by atoms with van der Waals surface area (Å²) in [5.41, 5.74) is 0.351. The monoisotopic (exact) mass is 402 g/mol. The average Bonchev–Trinajstić information content (AvgIpc) is 2.56. The maximum atomic E-state index is 12.6. The normalized spacial score (nSPS) is 16.3. The van der Waals surface area contributed by atoms with Crippen molar-refractivity contribution in [3.8, 4) is 11.5 Å². The first-order chi connectivity index (χ1) is 11.9. The fourth-order valence-corrected chi connectivity index (χ4v) is 2.54. The number of amides is 4. The van der Waals surface area contributed by atoms with Crippen LogP contribution < -0.4 is 10.2 Å². The summed E-state index contributed by atoms with van der Waals surface area (Å²) >= 11 is 3.26. The van der Waals surface area contributed by atoms with Gasteiger partial charge in [0, 0.05) is 4.47 Å². The second-order valence-corrected chi connectivity index (χ2v) is 6.10. The smallest absolute Gasteiger partial charge is 0.335 e. The molecule has 0 saturated carbocycles. The lowest BCUT2D eigenvalue weighted by atomic mass is 10.1. The Morgan fingerprint density at radius 1 is 0.960 bits per heavy atom. The van der Waals surface area contributed by atoms with E-state index in [1.54, 1.807) is 24.3 Å². The van der Waals surface area contributed by atoms with Crippen molar-refractivity contribution in [2.75, 3.05) is 4.90 Å². The van der Waals surface area contributed by atoms with Crippen LogP contribution in [0.5, 0.6) is 11.5 Å². The molecule has 0 radical (unpaired) electrons. The SMILES string of the molecule is O=C1NC(=O)N(c2ccc(Br)cc2)C(=O)/C1=C\c1ccc(O)c(O)c1. The Bertz CT molecular complexity index is 921. The van der Waals surface area contributed by atoms with E-state index in [0.717, 1.165) is 9.37 Å². The van der Waals surface area contributed by atoms with Gasteiger partial charge in [-0.25, -0.2) is 9.69 Å². The zero-order chi connectivity index (χ0) is 18.1. The number of benzene rings is 2. The molecular formula is C17H11BrN2O5. The van der Waals surface area contributed by atoms with Gasteiger partial charge in [0.15, 0.2) is 11.5 Å². The minimum Gasteiger partial charge on any atom is -0.504 e. The summed E-state index contributed by atoms with van der Waals surface area (Å²) in [7, 11) is 0. The Balaban J connectivity index is 2.01. The molecule has 2 aromatic carbocycles. The van der Waals surface area contributed by atoms with Crippen molar-refractivity contribution in [2.45, 2.75) is 0 Å². The van der Waals surface area contributed by atoms with Crippen LogP contribution in [0.1, 0.15) is 5.56 Å². The first-order valence-electron chi connectivity index (χ1n) is 7.06. The zero-order valence-corrected chi connectivity index (χ0v) is 14.1. The Labute approximate surface area is 150 Å². The molecule has 0 unspecified atom stereocenters. The molecule has 8 heteroatoms. The second-order valence-electron chi connectivity index (χ2n) is 5.18. The predicted molar refractivity (Wildman–Crippen MR) is 92.9 cm³/mol. The van der Waals surface area contributed by atoms with Crippen LogP contribution in [0.4, 0.5) is 10.5 Å². The number of phenolic OH excluding ortho intramolecular Hbond substituents is 2. The topological polar surface area (TPSA) is 107 Å². The van der Waals surface area contributed by atoms with E-state index in [9.17, 15) is 24.6 Å². The van der Waals surface area contributed by atoms with Crippen LogP contribution in [0.3, 0.4) is 0 Å². The summed E-state index contributed by atoms with van der Waals surface area (Å²) in [5.74, 6) is -2.34. The van der Waals surface area contributed by atoms with Crippen LogP contribution in [-0.4, -0.2) is 28.1 Å². The number of rotatable bonds is 2. The third-order valence-electron chi connectivity index (χ3n) is 3.50. The minimum atomic E-state index is -0.844. The van der Waals surface area contributed by atoms with E-state index in [4.69, 9.17) is 0 Å². The van der Waals surface area contributed by atoms with Crippen molar-refractivity contribution in [1.82, 2.24) is 5.32 Å². The molecule has 25 heavy (non-hydrogen) atoms. The Morgan fingerprint density at radius 3 is 2.28 bits per heavy atom. The number of phenols is 2. The van der Waals surface area contributed by atoms with Crippen molar-refractivity contribution < 1.29 is 24.6 Å². The van der Waals surface area contributed by atoms with Gasteiger partial charge in [-0.15, -0.1) is 0 Å². The first-order valence-corrected chi connectivity index (χ1v) is 7.85. The molecule has 1 heterocycles. The van der Waals surface area contributed by atoms with Gasteiger partial charge in [-0.2, -0.15) is 0 Å². The van der Waals surface area contributed by atoms with E-state index in [1.165, 1.54) is 24.3 Å². The number of barbiturate groups is 1. The third kappa shape index (κ3) is 3.24. The third-order valence-corrected chi connectivity index (χ3v) is 4.03. The molecule has 1 aliphatic heterocycles. The Hall–Kier alpha value is -3.13. The summed E-state index contributed by atoms with van der Waals surface area (Å²) in [5, 5.41) is 21.0. The highest BCUT2D eigenvalue weighted by Crippen LogP contribution is 2.27. The second kappa shape index (κ2) is 6.40. The van der Waals surface area contributed by atoms with Gasteiger partial charge in [-0.05, 0) is 48.0 Å². The average molecular weight is 403 g/mol. The van der Waals surface area contributed by atoms with Crippen molar-refractivity contribution >= 4 is 45.5 Å². The Morgan fingerprint density at radius 2 is 1.64 bits per heavy atom. The number of aromatic hydroxyl groups is 2. The van der Waals surface area contributed by atoms with Crippen molar-refractivity contribution in [3.63, 3.8) is 0 Å². The van der Waals surface area contributed by atoms with E-state index < -0.39 is 17.8 Å². The number of carbonyl (C=O) groups is 3. The van der Waals surface area contributed by atoms with Gasteiger partial charge < -0.3 is 10.2 Å². The maximum Gasteiger partial charge on any atom is 0.335 e. The van der Waals surface area contributed by atoms with Gasteiger partial charge in [0.25, 0.3) is 11.8 Å². The highest BCUT2D eigenvalue weighted by atomic mass is 79.9. The molecule has 0 atom stereocenters. The molecule has 2 aromatic rings. The highest BCUT2D eigenvalue weighted by molar-refractivity contribution is 9.10. The number of hydrogen-bond acceptors (Lipinski definition) is 5. The van der Waals surface area contributed by atoms with Crippen LogP contribution in [0.15, 0.2) is 52.5 Å². The number of halogens is 1. The van der Waals surface area contributed by atoms with E-state index >= 15 is 0 Å². The van der Waals surface area contributed by atoms with E-state index in [-0.39, 0.29) is 17.1 Å². The molecule has 4 amide bonds. The summed E-state index contributed by atoms with van der Waals surface area (Å²) in [6.07, 6.45) is 1.23. The van der Waals surface area contributed by atoms with Gasteiger partial charge >= 0.3 is 6.03 Å². The van der Waals surface area contributed by atoms with Crippen LogP contribution >= 0.6 is 15.9 Å². The number of urea groups is 1. The van der Waals surface area contributed by atoms with Crippen molar-refractivity contribution in [3.05, 3.63) is 58.1 Å². The lowest BCUT2D eigenvalue weighted by Crippen LogP contribution is -2.54. The number of hydrogen-bond donors (Lipinski definition) is 3. The zero-order valence-electron chi connectivity index (χ0n) is 12.6. The number of nitrogens with zero attached hydrogens (tertiary/aromatic N) is 1. The van der Waals surface area contributed by atoms with Crippen LogP contribution in [0.25, 0.3) is 6.08 Å². The quantitative estimate of drug-likeness (QED) is 0.406. The van der Waals surface area contributed by atoms with Gasteiger partial charge in [0.2, 0.25) is 0 Å². The van der Waals surface area contributed by atoms with Gasteiger partial charge in [0.1, 0.15) is 5.57 Å². The molecule has 0 aromatic heterocycles. The maximum absolute atomic E-state index is 12.6. The van der Waals surface area contributed by atoms with Crippen molar-refractivity contribution in [1.29, 1.82) is 0 Å². The van der Waals surface area contributed by atoms with Crippen LogP contribution in [0, 0.1) is 0 Å². The number of nitrogens with one attached hydrogen (secondary N) is 1. The first kappa shape index (κ1) is 16.7. The lowest BCUT2D eigenvalue weighted by Gasteiger charge is -2.26. The van der Waals surface area contributed by atoms with Gasteiger partial charge in [-0.3, -0.25) is 14.9 Å². The Kier molecular flexibility index (Phi) is 4.28. The molecule has 1 aliphatic rings. The standard InChI is InChI=1S/C17H11BrN2O5/c18-10-2-4-11(5-3-10)20-16(24)12(15(23)19-17(20)25)7-9-1-6-13(21)14(22)8-9/h1-8,21-22H,(H,19,23,25)/b12-7-. The lowest BCUT2D eigenvalue weighted by molar-refractivity contribution is -0.122. The fourth-order valence-electron chi connectivity index (χ4n) is 2.28. The van der Waals surface area contributed by atoms with Crippen LogP contribution in [0.2, 0.25) is 0 Å². The highest BCUT2D eigenvalue weighted by Gasteiger charge is 2.36. The molecule has 7 nitrogen and oxygen atoms in total. The number of anilines is 1. The van der Waals surface area contributed by atoms with Crippen molar-refractivity contribution in [2.24, 2.45) is 0 Å². The molecule has 1 saturated heterocycles. The molecule has 0 aliphatic carbocycles. The van der Waals surface area contributed by atoms with E-state index in [1.807, 2.05) is 0 Å². The largest absolute Gasteiger partial charge is 0.504 e. The van der Waals surface area contributed by atoms with Gasteiger partial charge in [0.05, 0.1) is 5.69 Å². The summed E-state index contributed by atoms with van der Waals surface area (Å²) < 4.78 is 0.771. The van der Waals surface area contributed by atoms with E-state index in [0.29, 0.717) is 11.3 Å². The molecular weight excluding hydrogens is 392 g/mol. The summed E-state index contributed by atoms with van der Waals surface area (Å²) in [6, 6.07) is 9.43. The van der Waals surface area contributed by atoms with E-state index in [2.05, 4.69) is 21.2 Å². The predicted octanol–water partition coefficient (Wildman–Crippen LogP) is 2.53. The molecule has 0 spiro atoms. The molecule has 3 N–H and O–H groups in total. The fraction of sp³-hybridized carbons (Fsp3) is 0. The molecule has 0 bridgehead atoms. The molecule has 126 valence electrons. The number of imide groups is 2. The molecule has 1 fully saturated rings. The summed E-state index contributed by atoms with van der Waals surface area (Å²) in [6.45, 7) is 0. The summed E-state index contributed by atoms with van der Waals surface area (Å²) in [4.78, 5) is 37.6. The minimum absolute atomic E-state index is 0.271. The number of carbonyl (C=O) groups excluding carboxylic acids is 3. The molecule has 3 rings (SSSR count). The van der Waals surface area contributed by atoms with Crippen LogP contribution in [-0.2, 0) is 9.59 Å². The van der Waals surface area contributed by atoms with Gasteiger partial charge in [-0.1, -0.05) is 22.0 Å².